The summed E-state index contributed by atoms with van der Waals surface area (Å²) in [6.45, 7) is 4.62. The summed E-state index contributed by atoms with van der Waals surface area (Å²) in [5, 5.41) is 16.3. The fraction of sp³-hybridized carbons (Fsp3) is 0.0303. The number of hydrogen-bond acceptors (Lipinski definition) is 1. The van der Waals surface area contributed by atoms with Crippen molar-refractivity contribution < 1.29 is 5.11 Å². The molecule has 1 nitrogen and oxygen atoms in total. The van der Waals surface area contributed by atoms with Crippen molar-refractivity contribution in [2.75, 3.05) is 0 Å². The lowest BCUT2D eigenvalue weighted by Gasteiger charge is -2.37. The number of hydrogen-bond donors (Lipinski definition) is 1. The maximum atomic E-state index is 11.8. The predicted octanol–water partition coefficient (Wildman–Crippen LogP) is 5.65. The highest BCUT2D eigenvalue weighted by Crippen LogP contribution is 2.30. The Bertz CT molecular complexity index is 1280. The quantitative estimate of drug-likeness (QED) is 0.242. The third-order valence-electron chi connectivity index (χ3n) is 6.77. The van der Waals surface area contributed by atoms with Gasteiger partial charge in [0.05, 0.1) is 6.10 Å². The number of benzene rings is 5. The molecule has 0 amide bonds. The van der Waals surface area contributed by atoms with Crippen LogP contribution in [-0.4, -0.2) is 13.2 Å². The molecule has 0 spiro atoms. The van der Waals surface area contributed by atoms with E-state index in [2.05, 4.69) is 104 Å². The normalized spacial score (nSPS) is 12.1. The first-order chi connectivity index (χ1) is 17.2. The molecule has 0 heterocycles. The largest absolute Gasteiger partial charge is 0.384 e. The SMILES string of the molecule is C=C(C(O)c1ccc(-c2ccccc2)cc1)[Si](c1ccccc1)(c1ccccc1)c1ccccc1. The van der Waals surface area contributed by atoms with Crippen LogP contribution in [0.25, 0.3) is 11.1 Å². The van der Waals surface area contributed by atoms with Crippen LogP contribution in [0.1, 0.15) is 11.7 Å². The van der Waals surface area contributed by atoms with E-state index < -0.39 is 14.2 Å². The van der Waals surface area contributed by atoms with Gasteiger partial charge in [0.25, 0.3) is 0 Å². The van der Waals surface area contributed by atoms with Crippen molar-refractivity contribution in [1.29, 1.82) is 0 Å². The first-order valence-corrected chi connectivity index (χ1v) is 13.9. The van der Waals surface area contributed by atoms with Gasteiger partial charge in [-0.25, -0.2) is 0 Å². The maximum absolute atomic E-state index is 11.8. The van der Waals surface area contributed by atoms with Crippen molar-refractivity contribution in [3.63, 3.8) is 0 Å². The number of rotatable bonds is 7. The Morgan fingerprint density at radius 1 is 0.486 bits per heavy atom. The summed E-state index contributed by atoms with van der Waals surface area (Å²) in [6.07, 6.45) is -0.799. The molecule has 0 aliphatic rings. The summed E-state index contributed by atoms with van der Waals surface area (Å²) in [6, 6.07) is 50.2. The standard InChI is InChI=1S/C33H28OSi/c1-26(33(34)29-24-22-28(23-25-29)27-14-6-2-7-15-27)35(30-16-8-3-9-17-30,31-18-10-4-11-19-31)32-20-12-5-13-21-32/h2-25,33-34H,1H2. The first kappa shape index (κ1) is 22.8. The van der Waals surface area contributed by atoms with Gasteiger partial charge in [0.2, 0.25) is 0 Å². The Morgan fingerprint density at radius 3 is 1.23 bits per heavy atom. The van der Waals surface area contributed by atoms with Crippen molar-refractivity contribution in [1.82, 2.24) is 0 Å². The lowest BCUT2D eigenvalue weighted by Crippen LogP contribution is -2.69. The van der Waals surface area contributed by atoms with Gasteiger partial charge in [0.15, 0.2) is 8.07 Å². The maximum Gasteiger partial charge on any atom is 0.177 e. The first-order valence-electron chi connectivity index (χ1n) is 11.9. The van der Waals surface area contributed by atoms with Crippen molar-refractivity contribution in [3.8, 4) is 11.1 Å². The van der Waals surface area contributed by atoms with E-state index in [0.717, 1.165) is 21.9 Å². The summed E-state index contributed by atoms with van der Waals surface area (Å²) >= 11 is 0. The van der Waals surface area contributed by atoms with Gasteiger partial charge < -0.3 is 5.11 Å². The predicted molar refractivity (Wildman–Crippen MR) is 150 cm³/mol. The fourth-order valence-electron chi connectivity index (χ4n) is 5.02. The van der Waals surface area contributed by atoms with Crippen LogP contribution >= 0.6 is 0 Å². The Labute approximate surface area is 208 Å². The molecule has 5 aromatic carbocycles. The monoisotopic (exact) mass is 468 g/mol. The van der Waals surface area contributed by atoms with E-state index in [1.54, 1.807) is 0 Å². The lowest BCUT2D eigenvalue weighted by atomic mass is 10.0. The molecule has 5 aromatic rings. The zero-order chi connectivity index (χ0) is 24.1. The fourth-order valence-corrected chi connectivity index (χ4v) is 9.78. The lowest BCUT2D eigenvalue weighted by molar-refractivity contribution is 0.223. The van der Waals surface area contributed by atoms with Crippen LogP contribution in [0.2, 0.25) is 0 Å². The molecule has 170 valence electrons. The highest BCUT2D eigenvalue weighted by molar-refractivity contribution is 7.16. The molecule has 5 rings (SSSR count). The number of aliphatic hydroxyl groups excluding tert-OH is 1. The minimum Gasteiger partial charge on any atom is -0.384 e. The number of aliphatic hydroxyl groups is 1. The van der Waals surface area contributed by atoms with E-state index in [9.17, 15) is 5.11 Å². The minimum atomic E-state index is -2.80. The Balaban J connectivity index is 1.65. The topological polar surface area (TPSA) is 20.2 Å². The highest BCUT2D eigenvalue weighted by Gasteiger charge is 2.44. The molecule has 0 aliphatic heterocycles. The van der Waals surface area contributed by atoms with Gasteiger partial charge in [-0.15, -0.1) is 0 Å². The van der Waals surface area contributed by atoms with Crippen LogP contribution in [0.4, 0.5) is 0 Å². The molecule has 1 atom stereocenters. The molecule has 0 aromatic heterocycles. The van der Waals surface area contributed by atoms with E-state index in [1.165, 1.54) is 15.6 Å². The molecule has 0 fully saturated rings. The van der Waals surface area contributed by atoms with Gasteiger partial charge in [-0.1, -0.05) is 152 Å². The second-order valence-corrected chi connectivity index (χ2v) is 12.6. The van der Waals surface area contributed by atoms with Gasteiger partial charge in [0.1, 0.15) is 0 Å². The van der Waals surface area contributed by atoms with Crippen molar-refractivity contribution >= 4 is 23.6 Å². The molecule has 35 heavy (non-hydrogen) atoms. The van der Waals surface area contributed by atoms with Gasteiger partial charge >= 0.3 is 0 Å². The third-order valence-corrected chi connectivity index (χ3v) is 11.6. The van der Waals surface area contributed by atoms with Crippen LogP contribution in [0, 0.1) is 0 Å². The summed E-state index contributed by atoms with van der Waals surface area (Å²) in [5.41, 5.74) is 3.15. The van der Waals surface area contributed by atoms with Crippen LogP contribution in [0.3, 0.4) is 0 Å². The van der Waals surface area contributed by atoms with E-state index >= 15 is 0 Å². The molecule has 0 saturated heterocycles. The zero-order valence-electron chi connectivity index (χ0n) is 19.6. The summed E-state index contributed by atoms with van der Waals surface area (Å²) < 4.78 is 0. The van der Waals surface area contributed by atoms with Crippen molar-refractivity contribution in [2.24, 2.45) is 0 Å². The van der Waals surface area contributed by atoms with Crippen LogP contribution in [-0.2, 0) is 0 Å². The van der Waals surface area contributed by atoms with Gasteiger partial charge in [-0.3, -0.25) is 0 Å². The van der Waals surface area contributed by atoms with Gasteiger partial charge in [-0.05, 0) is 37.4 Å². The molecule has 0 radical (unpaired) electrons. The third kappa shape index (κ3) is 4.30. The van der Waals surface area contributed by atoms with E-state index in [1.807, 2.05) is 48.5 Å². The second kappa shape index (κ2) is 10.1. The zero-order valence-corrected chi connectivity index (χ0v) is 20.6. The Kier molecular flexibility index (Phi) is 6.58. The minimum absolute atomic E-state index is 0.799. The van der Waals surface area contributed by atoms with E-state index in [-0.39, 0.29) is 0 Å². The molecular formula is C33H28OSi. The molecule has 0 bridgehead atoms. The Hall–Kier alpha value is -3.98. The molecule has 0 aliphatic carbocycles. The molecular weight excluding hydrogens is 440 g/mol. The van der Waals surface area contributed by atoms with Crippen molar-refractivity contribution in [2.45, 2.75) is 6.10 Å². The molecule has 0 saturated carbocycles. The van der Waals surface area contributed by atoms with Crippen LogP contribution in [0.5, 0.6) is 0 Å². The highest BCUT2D eigenvalue weighted by atomic mass is 28.3. The summed E-state index contributed by atoms with van der Waals surface area (Å²) in [4.78, 5) is 0. The second-order valence-electron chi connectivity index (χ2n) is 8.76. The average Bonchev–Trinajstić information content (AvgIpc) is 2.95. The molecule has 1 unspecified atom stereocenters. The summed E-state index contributed by atoms with van der Waals surface area (Å²) in [7, 11) is -2.80. The molecule has 1 N–H and O–H groups in total. The van der Waals surface area contributed by atoms with E-state index in [4.69, 9.17) is 0 Å². The smallest absolute Gasteiger partial charge is 0.177 e. The van der Waals surface area contributed by atoms with E-state index in [0.29, 0.717) is 0 Å². The van der Waals surface area contributed by atoms with Crippen LogP contribution < -0.4 is 15.6 Å². The van der Waals surface area contributed by atoms with Crippen molar-refractivity contribution in [3.05, 3.63) is 163 Å². The summed E-state index contributed by atoms with van der Waals surface area (Å²) in [5.74, 6) is 0. The van der Waals surface area contributed by atoms with Gasteiger partial charge in [0, 0.05) is 0 Å². The molecule has 2 heteroatoms. The Morgan fingerprint density at radius 2 is 0.829 bits per heavy atom. The average molecular weight is 469 g/mol. The van der Waals surface area contributed by atoms with Gasteiger partial charge in [-0.2, -0.15) is 0 Å². The van der Waals surface area contributed by atoms with Crippen LogP contribution in [0.15, 0.2) is 157 Å².